The molecular formula is C15H20O4. The molecule has 0 atom stereocenters. The number of carbonyl (C=O) groups excluding carboxylic acids is 2. The van der Waals surface area contributed by atoms with Crippen molar-refractivity contribution in [1.29, 1.82) is 0 Å². The molecule has 0 unspecified atom stereocenters. The van der Waals surface area contributed by atoms with Gasteiger partial charge in [0.25, 0.3) is 0 Å². The number of benzene rings is 1. The van der Waals surface area contributed by atoms with Crippen LogP contribution in [-0.2, 0) is 9.53 Å². The molecule has 1 aromatic carbocycles. The monoisotopic (exact) mass is 264 g/mol. The predicted octanol–water partition coefficient (Wildman–Crippen LogP) is 2.86. The molecule has 0 heterocycles. The first-order chi connectivity index (χ1) is 8.78. The molecule has 0 aromatic heterocycles. The van der Waals surface area contributed by atoms with Crippen molar-refractivity contribution in [2.75, 3.05) is 7.11 Å². The molecule has 19 heavy (non-hydrogen) atoms. The van der Waals surface area contributed by atoms with Crippen LogP contribution in [0.25, 0.3) is 0 Å². The Morgan fingerprint density at radius 3 is 2.05 bits per heavy atom. The van der Waals surface area contributed by atoms with Crippen molar-refractivity contribution in [3.05, 3.63) is 29.8 Å². The molecule has 0 amide bonds. The van der Waals surface area contributed by atoms with Crippen LogP contribution >= 0.6 is 0 Å². The molecule has 1 aromatic rings. The van der Waals surface area contributed by atoms with Gasteiger partial charge in [-0.25, -0.2) is 0 Å². The summed E-state index contributed by atoms with van der Waals surface area (Å²) in [4.78, 5) is 23.9. The Morgan fingerprint density at radius 1 is 1.11 bits per heavy atom. The fourth-order valence-electron chi connectivity index (χ4n) is 1.67. The standard InChI is InChI=1S/C15H20O4/c1-10(2)19-12-8-6-11(7-9-12)13(16)15(3,4)14(17)18-5/h6-10H,1-5H3. The zero-order chi connectivity index (χ0) is 14.6. The number of hydrogen-bond acceptors (Lipinski definition) is 4. The topological polar surface area (TPSA) is 52.6 Å². The van der Waals surface area contributed by atoms with E-state index < -0.39 is 11.4 Å². The molecular weight excluding hydrogens is 244 g/mol. The largest absolute Gasteiger partial charge is 0.491 e. The van der Waals surface area contributed by atoms with Crippen molar-refractivity contribution in [1.82, 2.24) is 0 Å². The Bertz CT molecular complexity index is 458. The van der Waals surface area contributed by atoms with Gasteiger partial charge in [-0.3, -0.25) is 9.59 Å². The minimum Gasteiger partial charge on any atom is -0.491 e. The van der Waals surface area contributed by atoms with Crippen molar-refractivity contribution < 1.29 is 19.1 Å². The van der Waals surface area contributed by atoms with Crippen LogP contribution in [0.15, 0.2) is 24.3 Å². The van der Waals surface area contributed by atoms with E-state index in [4.69, 9.17) is 4.74 Å². The van der Waals surface area contributed by atoms with Crippen LogP contribution in [0.5, 0.6) is 5.75 Å². The normalized spacial score (nSPS) is 11.3. The van der Waals surface area contributed by atoms with E-state index in [1.165, 1.54) is 7.11 Å². The highest BCUT2D eigenvalue weighted by molar-refractivity contribution is 6.11. The first kappa shape index (κ1) is 15.2. The van der Waals surface area contributed by atoms with Crippen LogP contribution in [0, 0.1) is 5.41 Å². The van der Waals surface area contributed by atoms with Crippen LogP contribution in [0.2, 0.25) is 0 Å². The molecule has 104 valence electrons. The third kappa shape index (κ3) is 3.56. The lowest BCUT2D eigenvalue weighted by Crippen LogP contribution is -2.34. The molecule has 0 N–H and O–H groups in total. The summed E-state index contributed by atoms with van der Waals surface area (Å²) >= 11 is 0. The van der Waals surface area contributed by atoms with Crippen LogP contribution in [-0.4, -0.2) is 25.0 Å². The van der Waals surface area contributed by atoms with Gasteiger partial charge in [-0.15, -0.1) is 0 Å². The lowest BCUT2D eigenvalue weighted by Gasteiger charge is -2.20. The van der Waals surface area contributed by atoms with E-state index in [1.54, 1.807) is 38.1 Å². The van der Waals surface area contributed by atoms with Crippen molar-refractivity contribution in [3.8, 4) is 5.75 Å². The zero-order valence-electron chi connectivity index (χ0n) is 12.0. The summed E-state index contributed by atoms with van der Waals surface area (Å²) in [6, 6.07) is 6.76. The van der Waals surface area contributed by atoms with Gasteiger partial charge in [-0.1, -0.05) is 0 Å². The van der Waals surface area contributed by atoms with Gasteiger partial charge in [0.2, 0.25) is 0 Å². The Balaban J connectivity index is 2.92. The molecule has 0 aliphatic rings. The number of rotatable bonds is 5. The van der Waals surface area contributed by atoms with Gasteiger partial charge in [0.15, 0.2) is 5.78 Å². The zero-order valence-corrected chi connectivity index (χ0v) is 12.0. The van der Waals surface area contributed by atoms with Crippen LogP contribution in [0.1, 0.15) is 38.1 Å². The van der Waals surface area contributed by atoms with Gasteiger partial charge in [-0.2, -0.15) is 0 Å². The second-order valence-electron chi connectivity index (χ2n) is 5.14. The third-order valence-corrected chi connectivity index (χ3v) is 2.75. The number of carbonyl (C=O) groups is 2. The summed E-state index contributed by atoms with van der Waals surface area (Å²) in [5.41, 5.74) is -0.721. The number of ketones is 1. The van der Waals surface area contributed by atoms with Crippen LogP contribution in [0.3, 0.4) is 0 Å². The summed E-state index contributed by atoms with van der Waals surface area (Å²) in [5.74, 6) is -0.113. The van der Waals surface area contributed by atoms with Crippen molar-refractivity contribution in [2.24, 2.45) is 5.41 Å². The first-order valence-electron chi connectivity index (χ1n) is 6.19. The van der Waals surface area contributed by atoms with E-state index in [-0.39, 0.29) is 11.9 Å². The number of ether oxygens (including phenoxy) is 2. The predicted molar refractivity (Wildman–Crippen MR) is 72.3 cm³/mol. The minimum absolute atomic E-state index is 0.0769. The molecule has 0 saturated carbocycles. The fourth-order valence-corrected chi connectivity index (χ4v) is 1.67. The molecule has 4 nitrogen and oxygen atoms in total. The Morgan fingerprint density at radius 2 is 1.63 bits per heavy atom. The van der Waals surface area contributed by atoms with Gasteiger partial charge in [0.1, 0.15) is 11.2 Å². The summed E-state index contributed by atoms with van der Waals surface area (Å²) in [5, 5.41) is 0. The summed E-state index contributed by atoms with van der Waals surface area (Å²) < 4.78 is 10.1. The molecule has 0 bridgehead atoms. The van der Waals surface area contributed by atoms with Gasteiger partial charge in [0.05, 0.1) is 13.2 Å². The smallest absolute Gasteiger partial charge is 0.319 e. The molecule has 1 rings (SSSR count). The highest BCUT2D eigenvalue weighted by atomic mass is 16.5. The minimum atomic E-state index is -1.19. The Labute approximate surface area is 113 Å². The highest BCUT2D eigenvalue weighted by Crippen LogP contribution is 2.25. The second-order valence-corrected chi connectivity index (χ2v) is 5.14. The number of esters is 1. The van der Waals surface area contributed by atoms with Gasteiger partial charge >= 0.3 is 5.97 Å². The number of Topliss-reactive ketones (excluding diaryl/α,β-unsaturated/α-hetero) is 1. The summed E-state index contributed by atoms with van der Waals surface area (Å²) in [6.45, 7) is 6.97. The van der Waals surface area contributed by atoms with Crippen LogP contribution < -0.4 is 4.74 Å². The molecule has 0 spiro atoms. The van der Waals surface area contributed by atoms with E-state index >= 15 is 0 Å². The van der Waals surface area contributed by atoms with E-state index in [9.17, 15) is 9.59 Å². The Hall–Kier alpha value is -1.84. The average Bonchev–Trinajstić information content (AvgIpc) is 2.37. The van der Waals surface area contributed by atoms with Crippen molar-refractivity contribution in [3.63, 3.8) is 0 Å². The summed E-state index contributed by atoms with van der Waals surface area (Å²) in [6.07, 6.45) is 0.0769. The maximum atomic E-state index is 12.3. The molecule has 0 fully saturated rings. The second kappa shape index (κ2) is 5.87. The van der Waals surface area contributed by atoms with Crippen LogP contribution in [0.4, 0.5) is 0 Å². The Kier molecular flexibility index (Phi) is 4.70. The lowest BCUT2D eigenvalue weighted by molar-refractivity contribution is -0.147. The first-order valence-corrected chi connectivity index (χ1v) is 6.19. The molecule has 0 radical (unpaired) electrons. The van der Waals surface area contributed by atoms with Gasteiger partial charge in [-0.05, 0) is 52.0 Å². The fraction of sp³-hybridized carbons (Fsp3) is 0.467. The molecule has 0 aliphatic heterocycles. The molecule has 4 heteroatoms. The van der Waals surface area contributed by atoms with E-state index in [0.717, 1.165) is 0 Å². The molecule has 0 aliphatic carbocycles. The summed E-state index contributed by atoms with van der Waals surface area (Å²) in [7, 11) is 1.27. The third-order valence-electron chi connectivity index (χ3n) is 2.75. The van der Waals surface area contributed by atoms with Crippen molar-refractivity contribution >= 4 is 11.8 Å². The quantitative estimate of drug-likeness (QED) is 0.466. The van der Waals surface area contributed by atoms with Crippen molar-refractivity contribution in [2.45, 2.75) is 33.8 Å². The maximum Gasteiger partial charge on any atom is 0.319 e. The lowest BCUT2D eigenvalue weighted by atomic mass is 9.84. The maximum absolute atomic E-state index is 12.3. The van der Waals surface area contributed by atoms with E-state index in [2.05, 4.69) is 4.74 Å². The number of hydrogen-bond donors (Lipinski definition) is 0. The SMILES string of the molecule is COC(=O)C(C)(C)C(=O)c1ccc(OC(C)C)cc1. The molecule has 0 saturated heterocycles. The number of methoxy groups -OCH3 is 1. The highest BCUT2D eigenvalue weighted by Gasteiger charge is 2.37. The van der Waals surface area contributed by atoms with Gasteiger partial charge in [0, 0.05) is 5.56 Å². The average molecular weight is 264 g/mol. The van der Waals surface area contributed by atoms with Gasteiger partial charge < -0.3 is 9.47 Å². The van der Waals surface area contributed by atoms with E-state index in [0.29, 0.717) is 11.3 Å². The van der Waals surface area contributed by atoms with E-state index in [1.807, 2.05) is 13.8 Å².